The molecule has 0 radical (unpaired) electrons. The highest BCUT2D eigenvalue weighted by Crippen LogP contribution is 2.27. The molecule has 1 rings (SSSR count). The van der Waals surface area contributed by atoms with E-state index in [0.717, 1.165) is 0 Å². The van der Waals surface area contributed by atoms with Crippen molar-refractivity contribution in [2.45, 2.75) is 19.1 Å². The zero-order chi connectivity index (χ0) is 12.2. The molecule has 3 nitrogen and oxygen atoms in total. The molecule has 0 spiro atoms. The van der Waals surface area contributed by atoms with Crippen LogP contribution in [0, 0.1) is 5.92 Å². The Morgan fingerprint density at radius 1 is 1.50 bits per heavy atom. The normalized spacial score (nSPS) is 26.4. The number of methoxy groups -OCH3 is 1. The third-order valence-corrected chi connectivity index (χ3v) is 2.92. The van der Waals surface area contributed by atoms with E-state index in [1.165, 1.54) is 0 Å². The number of hydrogen-bond acceptors (Lipinski definition) is 3. The van der Waals surface area contributed by atoms with Crippen LogP contribution in [0.5, 0.6) is 0 Å². The summed E-state index contributed by atoms with van der Waals surface area (Å²) in [5.74, 6) is -1.28. The maximum atomic E-state index is 12.6. The van der Waals surface area contributed by atoms with Crippen LogP contribution in [0.4, 0.5) is 13.2 Å². The number of alkyl halides is 3. The fraction of sp³-hybridized carbons (Fsp3) is 1.00. The molecule has 1 fully saturated rings. The van der Waals surface area contributed by atoms with Crippen LogP contribution in [0.25, 0.3) is 0 Å². The Balaban J connectivity index is 2.58. The number of ether oxygens (including phenoxy) is 1. The molecule has 0 aromatic rings. The summed E-state index contributed by atoms with van der Waals surface area (Å²) in [4.78, 5) is 1.83. The lowest BCUT2D eigenvalue weighted by Crippen LogP contribution is -2.43. The molecule has 2 unspecified atom stereocenters. The van der Waals surface area contributed by atoms with Crippen molar-refractivity contribution in [1.82, 2.24) is 10.2 Å². The molecule has 1 aliphatic heterocycles. The van der Waals surface area contributed by atoms with Crippen molar-refractivity contribution in [3.63, 3.8) is 0 Å². The van der Waals surface area contributed by atoms with Gasteiger partial charge in [0.15, 0.2) is 0 Å². The second kappa shape index (κ2) is 5.84. The smallest absolute Gasteiger partial charge is 0.383 e. The quantitative estimate of drug-likeness (QED) is 0.799. The lowest BCUT2D eigenvalue weighted by atomic mass is 10.1. The van der Waals surface area contributed by atoms with Crippen LogP contribution in [-0.4, -0.2) is 57.0 Å². The van der Waals surface area contributed by atoms with Crippen LogP contribution in [0.1, 0.15) is 6.92 Å². The molecular weight excluding hydrogens is 221 g/mol. The molecule has 0 bridgehead atoms. The molecule has 0 aromatic heterocycles. The van der Waals surface area contributed by atoms with Crippen molar-refractivity contribution in [3.05, 3.63) is 0 Å². The largest absolute Gasteiger partial charge is 0.394 e. The SMILES string of the molecule is COCC(C)N1CCNCC(C(F)(F)F)C1. The molecular formula is C10H19F3N2O. The van der Waals surface area contributed by atoms with Crippen LogP contribution >= 0.6 is 0 Å². The fourth-order valence-electron chi connectivity index (χ4n) is 1.90. The molecule has 2 atom stereocenters. The first-order chi connectivity index (χ1) is 7.45. The van der Waals surface area contributed by atoms with E-state index in [0.29, 0.717) is 19.7 Å². The summed E-state index contributed by atoms with van der Waals surface area (Å²) < 4.78 is 42.9. The van der Waals surface area contributed by atoms with E-state index < -0.39 is 12.1 Å². The third-order valence-electron chi connectivity index (χ3n) is 2.92. The van der Waals surface area contributed by atoms with Crippen molar-refractivity contribution in [3.8, 4) is 0 Å². The van der Waals surface area contributed by atoms with Gasteiger partial charge in [-0.1, -0.05) is 0 Å². The van der Waals surface area contributed by atoms with Gasteiger partial charge in [0.1, 0.15) is 0 Å². The molecule has 1 N–H and O–H groups in total. The van der Waals surface area contributed by atoms with Gasteiger partial charge in [-0.15, -0.1) is 0 Å². The summed E-state index contributed by atoms with van der Waals surface area (Å²) in [6.45, 7) is 3.66. The fourth-order valence-corrected chi connectivity index (χ4v) is 1.90. The molecule has 1 saturated heterocycles. The lowest BCUT2D eigenvalue weighted by molar-refractivity contribution is -0.177. The monoisotopic (exact) mass is 240 g/mol. The Morgan fingerprint density at radius 3 is 2.75 bits per heavy atom. The number of nitrogens with one attached hydrogen (secondary N) is 1. The van der Waals surface area contributed by atoms with E-state index >= 15 is 0 Å². The zero-order valence-corrected chi connectivity index (χ0v) is 9.68. The van der Waals surface area contributed by atoms with E-state index in [9.17, 15) is 13.2 Å². The van der Waals surface area contributed by atoms with Gasteiger partial charge in [-0.2, -0.15) is 13.2 Å². The summed E-state index contributed by atoms with van der Waals surface area (Å²) in [7, 11) is 1.56. The summed E-state index contributed by atoms with van der Waals surface area (Å²) >= 11 is 0. The molecule has 1 aliphatic rings. The van der Waals surface area contributed by atoms with Gasteiger partial charge in [0, 0.05) is 39.3 Å². The topological polar surface area (TPSA) is 24.5 Å². The van der Waals surface area contributed by atoms with Gasteiger partial charge in [-0.05, 0) is 6.92 Å². The van der Waals surface area contributed by atoms with E-state index in [4.69, 9.17) is 4.74 Å². The summed E-state index contributed by atoms with van der Waals surface area (Å²) in [6, 6.07) is 0.0229. The average molecular weight is 240 g/mol. The Labute approximate surface area is 93.9 Å². The maximum Gasteiger partial charge on any atom is 0.394 e. The Hall–Kier alpha value is -0.330. The third kappa shape index (κ3) is 3.92. The average Bonchev–Trinajstić information content (AvgIpc) is 2.42. The van der Waals surface area contributed by atoms with Crippen LogP contribution in [0.3, 0.4) is 0 Å². The van der Waals surface area contributed by atoms with Gasteiger partial charge in [0.05, 0.1) is 12.5 Å². The van der Waals surface area contributed by atoms with Gasteiger partial charge >= 0.3 is 6.18 Å². The summed E-state index contributed by atoms with van der Waals surface area (Å²) in [5.41, 5.74) is 0. The van der Waals surface area contributed by atoms with Crippen molar-refractivity contribution < 1.29 is 17.9 Å². The maximum absolute atomic E-state index is 12.6. The predicted octanol–water partition coefficient (Wildman–Crippen LogP) is 1.10. The molecule has 0 aromatic carbocycles. The minimum atomic E-state index is -4.12. The number of nitrogens with zero attached hydrogens (tertiary/aromatic N) is 1. The summed E-state index contributed by atoms with van der Waals surface area (Å²) in [6.07, 6.45) is -4.12. The van der Waals surface area contributed by atoms with Crippen molar-refractivity contribution >= 4 is 0 Å². The van der Waals surface area contributed by atoms with E-state index in [1.54, 1.807) is 7.11 Å². The van der Waals surface area contributed by atoms with Crippen molar-refractivity contribution in [2.24, 2.45) is 5.92 Å². The lowest BCUT2D eigenvalue weighted by Gasteiger charge is -2.30. The van der Waals surface area contributed by atoms with Gasteiger partial charge in [-0.3, -0.25) is 4.90 Å². The highest BCUT2D eigenvalue weighted by molar-refractivity contribution is 4.81. The standard InChI is InChI=1S/C10H19F3N2O/c1-8(7-16-2)15-4-3-14-5-9(6-15)10(11,12)13/h8-9,14H,3-7H2,1-2H3. The second-order valence-electron chi connectivity index (χ2n) is 4.24. The first-order valence-corrected chi connectivity index (χ1v) is 5.45. The molecule has 1 heterocycles. The molecule has 96 valence electrons. The zero-order valence-electron chi connectivity index (χ0n) is 9.68. The highest BCUT2D eigenvalue weighted by Gasteiger charge is 2.41. The van der Waals surface area contributed by atoms with E-state index in [2.05, 4.69) is 5.32 Å². The van der Waals surface area contributed by atoms with Crippen LogP contribution < -0.4 is 5.32 Å². The Morgan fingerprint density at radius 2 is 2.19 bits per heavy atom. The highest BCUT2D eigenvalue weighted by atomic mass is 19.4. The summed E-state index contributed by atoms with van der Waals surface area (Å²) in [5, 5.41) is 2.83. The molecule has 0 aliphatic carbocycles. The molecule has 0 amide bonds. The number of rotatable bonds is 3. The van der Waals surface area contributed by atoms with Gasteiger partial charge in [-0.25, -0.2) is 0 Å². The van der Waals surface area contributed by atoms with Crippen LogP contribution in [-0.2, 0) is 4.74 Å². The minimum absolute atomic E-state index is 0.0136. The van der Waals surface area contributed by atoms with Crippen molar-refractivity contribution in [2.75, 3.05) is 39.9 Å². The number of halogens is 3. The molecule has 0 saturated carbocycles. The first kappa shape index (κ1) is 13.7. The predicted molar refractivity (Wildman–Crippen MR) is 55.3 cm³/mol. The number of hydrogen-bond donors (Lipinski definition) is 1. The van der Waals surface area contributed by atoms with E-state index in [1.807, 2.05) is 11.8 Å². The van der Waals surface area contributed by atoms with Crippen LogP contribution in [0.15, 0.2) is 0 Å². The van der Waals surface area contributed by atoms with Gasteiger partial charge in [0.2, 0.25) is 0 Å². The van der Waals surface area contributed by atoms with Gasteiger partial charge < -0.3 is 10.1 Å². The molecule has 6 heteroatoms. The Kier molecular flexibility index (Phi) is 5.01. The first-order valence-electron chi connectivity index (χ1n) is 5.45. The molecule has 16 heavy (non-hydrogen) atoms. The van der Waals surface area contributed by atoms with E-state index in [-0.39, 0.29) is 19.1 Å². The minimum Gasteiger partial charge on any atom is -0.383 e. The van der Waals surface area contributed by atoms with Gasteiger partial charge in [0.25, 0.3) is 0 Å². The Bertz CT molecular complexity index is 211. The second-order valence-corrected chi connectivity index (χ2v) is 4.24. The van der Waals surface area contributed by atoms with Crippen LogP contribution in [0.2, 0.25) is 0 Å². The van der Waals surface area contributed by atoms with Crippen molar-refractivity contribution in [1.29, 1.82) is 0 Å².